The van der Waals surface area contributed by atoms with Gasteiger partial charge in [-0.3, -0.25) is 4.98 Å². The molecule has 1 aromatic heterocycles. The zero-order chi connectivity index (χ0) is 7.40. The molecule has 0 atom stereocenters. The molecular formula is C7H11N3Pt. The first kappa shape index (κ1) is 10.8. The summed E-state index contributed by atoms with van der Waals surface area (Å²) in [6.07, 6.45) is 0. The molecule has 0 aliphatic carbocycles. The van der Waals surface area contributed by atoms with Crippen molar-refractivity contribution in [2.45, 2.75) is 13.1 Å². The van der Waals surface area contributed by atoms with E-state index in [1.54, 1.807) is 0 Å². The second-order valence-corrected chi connectivity index (χ2v) is 2.03. The standard InChI is InChI=1S/C7H11N3.Pt/c8-4-6-2-1-3-7(5-9)10-6;/h1-3H,4-5,8-9H2;. The van der Waals surface area contributed by atoms with Crippen molar-refractivity contribution >= 4 is 0 Å². The molecule has 4 N–H and O–H groups in total. The van der Waals surface area contributed by atoms with Gasteiger partial charge in [0, 0.05) is 34.2 Å². The first-order valence-corrected chi connectivity index (χ1v) is 3.21. The van der Waals surface area contributed by atoms with E-state index < -0.39 is 0 Å². The van der Waals surface area contributed by atoms with Crippen molar-refractivity contribution in [1.82, 2.24) is 4.98 Å². The molecule has 1 rings (SSSR count). The molecule has 1 heterocycles. The third-order valence-electron chi connectivity index (χ3n) is 1.28. The van der Waals surface area contributed by atoms with E-state index in [0.29, 0.717) is 13.1 Å². The van der Waals surface area contributed by atoms with Gasteiger partial charge in [0.2, 0.25) is 0 Å². The third-order valence-corrected chi connectivity index (χ3v) is 1.28. The van der Waals surface area contributed by atoms with Crippen LogP contribution in [-0.4, -0.2) is 4.98 Å². The van der Waals surface area contributed by atoms with Gasteiger partial charge >= 0.3 is 0 Å². The first-order valence-electron chi connectivity index (χ1n) is 3.21. The first-order chi connectivity index (χ1) is 4.86. The normalized spacial score (nSPS) is 8.91. The van der Waals surface area contributed by atoms with Gasteiger partial charge in [-0.2, -0.15) is 0 Å². The summed E-state index contributed by atoms with van der Waals surface area (Å²) >= 11 is 0. The Labute approximate surface area is 80.4 Å². The van der Waals surface area contributed by atoms with Crippen LogP contribution < -0.4 is 11.5 Å². The van der Waals surface area contributed by atoms with E-state index in [-0.39, 0.29) is 21.1 Å². The molecule has 0 radical (unpaired) electrons. The summed E-state index contributed by atoms with van der Waals surface area (Å²) in [4.78, 5) is 4.16. The molecule has 0 saturated carbocycles. The molecule has 0 bridgehead atoms. The number of rotatable bonds is 2. The minimum Gasteiger partial charge on any atom is -0.325 e. The van der Waals surface area contributed by atoms with Gasteiger partial charge in [-0.1, -0.05) is 6.07 Å². The van der Waals surface area contributed by atoms with Gasteiger partial charge in [-0.25, -0.2) is 0 Å². The van der Waals surface area contributed by atoms with Crippen molar-refractivity contribution < 1.29 is 21.1 Å². The fourth-order valence-corrected chi connectivity index (χ4v) is 0.757. The summed E-state index contributed by atoms with van der Waals surface area (Å²) < 4.78 is 0. The van der Waals surface area contributed by atoms with E-state index in [0.717, 1.165) is 11.4 Å². The Morgan fingerprint density at radius 2 is 1.55 bits per heavy atom. The maximum absolute atomic E-state index is 5.37. The SMILES string of the molecule is NCc1cccc(CN)n1.[Pt]. The predicted octanol–water partition coefficient (Wildman–Crippen LogP) is -0.00350. The van der Waals surface area contributed by atoms with E-state index in [1.165, 1.54) is 0 Å². The predicted molar refractivity (Wildman–Crippen MR) is 40.0 cm³/mol. The van der Waals surface area contributed by atoms with E-state index in [4.69, 9.17) is 11.5 Å². The minimum atomic E-state index is 0. The quantitative estimate of drug-likeness (QED) is 0.801. The van der Waals surface area contributed by atoms with Gasteiger partial charge < -0.3 is 11.5 Å². The van der Waals surface area contributed by atoms with Crippen molar-refractivity contribution in [3.63, 3.8) is 0 Å². The van der Waals surface area contributed by atoms with Gasteiger partial charge in [0.1, 0.15) is 0 Å². The van der Waals surface area contributed by atoms with Crippen LogP contribution in [-0.2, 0) is 34.2 Å². The van der Waals surface area contributed by atoms with Gasteiger partial charge in [0.15, 0.2) is 0 Å². The average molecular weight is 332 g/mol. The molecule has 1 aromatic rings. The second kappa shape index (κ2) is 5.41. The smallest absolute Gasteiger partial charge is 0.0543 e. The van der Waals surface area contributed by atoms with Crippen molar-refractivity contribution in [3.05, 3.63) is 29.6 Å². The number of nitrogens with zero attached hydrogens (tertiary/aromatic N) is 1. The molecule has 0 saturated heterocycles. The fraction of sp³-hybridized carbons (Fsp3) is 0.286. The van der Waals surface area contributed by atoms with E-state index in [2.05, 4.69) is 4.98 Å². The third kappa shape index (κ3) is 3.10. The van der Waals surface area contributed by atoms with Gasteiger partial charge in [0.05, 0.1) is 11.4 Å². The van der Waals surface area contributed by atoms with Crippen LogP contribution in [0, 0.1) is 0 Å². The number of pyridine rings is 1. The molecule has 11 heavy (non-hydrogen) atoms. The van der Waals surface area contributed by atoms with Crippen LogP contribution >= 0.6 is 0 Å². The van der Waals surface area contributed by atoms with Crippen LogP contribution in [0.25, 0.3) is 0 Å². The number of aromatic nitrogens is 1. The Hall–Kier alpha value is -0.242. The summed E-state index contributed by atoms with van der Waals surface area (Å²) in [5.74, 6) is 0. The van der Waals surface area contributed by atoms with Crippen LogP contribution in [0.2, 0.25) is 0 Å². The summed E-state index contributed by atoms with van der Waals surface area (Å²) in [5, 5.41) is 0. The van der Waals surface area contributed by atoms with E-state index in [1.807, 2.05) is 18.2 Å². The number of nitrogens with two attached hydrogens (primary N) is 2. The van der Waals surface area contributed by atoms with E-state index in [9.17, 15) is 0 Å². The largest absolute Gasteiger partial charge is 0.325 e. The molecule has 0 spiro atoms. The summed E-state index contributed by atoms with van der Waals surface area (Å²) in [6, 6.07) is 5.69. The van der Waals surface area contributed by atoms with Crippen molar-refractivity contribution in [2.75, 3.05) is 0 Å². The van der Waals surface area contributed by atoms with Crippen molar-refractivity contribution in [2.24, 2.45) is 11.5 Å². The molecule has 0 aliphatic rings. The molecule has 0 fully saturated rings. The van der Waals surface area contributed by atoms with Crippen LogP contribution in [0.3, 0.4) is 0 Å². The Morgan fingerprint density at radius 3 is 1.91 bits per heavy atom. The fourth-order valence-electron chi connectivity index (χ4n) is 0.757. The molecule has 0 amide bonds. The van der Waals surface area contributed by atoms with Crippen molar-refractivity contribution in [3.8, 4) is 0 Å². The van der Waals surface area contributed by atoms with Gasteiger partial charge in [0.25, 0.3) is 0 Å². The zero-order valence-corrected chi connectivity index (χ0v) is 8.34. The number of hydrogen-bond donors (Lipinski definition) is 2. The van der Waals surface area contributed by atoms with Crippen molar-refractivity contribution in [1.29, 1.82) is 0 Å². The van der Waals surface area contributed by atoms with Crippen LogP contribution in [0.1, 0.15) is 11.4 Å². The Bertz CT molecular complexity index is 195. The summed E-state index contributed by atoms with van der Waals surface area (Å²) in [6.45, 7) is 0.960. The molecule has 0 unspecified atom stereocenters. The Morgan fingerprint density at radius 1 is 1.09 bits per heavy atom. The van der Waals surface area contributed by atoms with Crippen LogP contribution in [0.15, 0.2) is 18.2 Å². The second-order valence-electron chi connectivity index (χ2n) is 2.03. The average Bonchev–Trinajstić information content (AvgIpc) is 2.05. The minimum absolute atomic E-state index is 0. The van der Waals surface area contributed by atoms with Crippen LogP contribution in [0.5, 0.6) is 0 Å². The summed E-state index contributed by atoms with van der Waals surface area (Å²) in [5.41, 5.74) is 12.5. The Balaban J connectivity index is 0.000001000. The topological polar surface area (TPSA) is 64.9 Å². The molecule has 64 valence electrons. The monoisotopic (exact) mass is 332 g/mol. The molecule has 0 aromatic carbocycles. The molecular weight excluding hydrogens is 321 g/mol. The Kier molecular flexibility index (Phi) is 5.30. The number of hydrogen-bond acceptors (Lipinski definition) is 3. The maximum Gasteiger partial charge on any atom is 0.0543 e. The zero-order valence-electron chi connectivity index (χ0n) is 6.06. The molecule has 3 nitrogen and oxygen atoms in total. The van der Waals surface area contributed by atoms with E-state index >= 15 is 0 Å². The van der Waals surface area contributed by atoms with Crippen LogP contribution in [0.4, 0.5) is 0 Å². The van der Waals surface area contributed by atoms with Gasteiger partial charge in [-0.05, 0) is 12.1 Å². The summed E-state index contributed by atoms with van der Waals surface area (Å²) in [7, 11) is 0. The molecule has 4 heteroatoms. The maximum atomic E-state index is 5.37. The molecule has 0 aliphatic heterocycles. The van der Waals surface area contributed by atoms with Gasteiger partial charge in [-0.15, -0.1) is 0 Å².